The zero-order chi connectivity index (χ0) is 6.27. The third-order valence-corrected chi connectivity index (χ3v) is 3.23. The van der Waals surface area contributed by atoms with Crippen molar-refractivity contribution in [3.05, 3.63) is 20.8 Å². The fraction of sp³-hybridized carbons (Fsp3) is 0.333. The number of hydrogen-bond acceptors (Lipinski definition) is 2. The molecule has 2 rings (SSSR count). The van der Waals surface area contributed by atoms with Crippen molar-refractivity contribution < 1.29 is 4.74 Å². The normalized spacial score (nSPS) is 24.3. The molecule has 1 aromatic heterocycles. The summed E-state index contributed by atoms with van der Waals surface area (Å²) in [6.45, 7) is 0.902. The van der Waals surface area contributed by atoms with Gasteiger partial charge >= 0.3 is 0 Å². The Labute approximate surface area is 65.8 Å². The van der Waals surface area contributed by atoms with E-state index in [1.165, 1.54) is 9.35 Å². The standard InChI is InChI=1S/C6H5BrOS/c7-4-1-2-9-6(4)5-3-8-5/h1-2,5H,3H2. The summed E-state index contributed by atoms with van der Waals surface area (Å²) >= 11 is 5.19. The maximum atomic E-state index is 5.11. The van der Waals surface area contributed by atoms with Gasteiger partial charge in [0.05, 0.1) is 6.61 Å². The predicted molar refractivity (Wildman–Crippen MR) is 40.7 cm³/mol. The summed E-state index contributed by atoms with van der Waals surface area (Å²) in [5.74, 6) is 0. The third-order valence-electron chi connectivity index (χ3n) is 1.27. The number of thiophene rings is 1. The first-order valence-corrected chi connectivity index (χ1v) is 4.39. The van der Waals surface area contributed by atoms with Gasteiger partial charge in [0, 0.05) is 9.35 Å². The van der Waals surface area contributed by atoms with Gasteiger partial charge in [-0.25, -0.2) is 0 Å². The topological polar surface area (TPSA) is 12.5 Å². The monoisotopic (exact) mass is 204 g/mol. The van der Waals surface area contributed by atoms with E-state index in [1.54, 1.807) is 11.3 Å². The van der Waals surface area contributed by atoms with Crippen LogP contribution in [0.5, 0.6) is 0 Å². The molecule has 1 aliphatic rings. The minimum Gasteiger partial charge on any atom is -0.367 e. The van der Waals surface area contributed by atoms with Crippen molar-refractivity contribution in [2.45, 2.75) is 6.10 Å². The van der Waals surface area contributed by atoms with Gasteiger partial charge in [0.25, 0.3) is 0 Å². The average Bonchev–Trinajstić information content (AvgIpc) is 2.58. The highest BCUT2D eigenvalue weighted by Crippen LogP contribution is 2.38. The molecule has 1 atom stereocenters. The van der Waals surface area contributed by atoms with E-state index in [1.807, 2.05) is 0 Å². The molecule has 1 aromatic rings. The van der Waals surface area contributed by atoms with E-state index in [-0.39, 0.29) is 0 Å². The summed E-state index contributed by atoms with van der Waals surface area (Å²) in [4.78, 5) is 1.33. The quantitative estimate of drug-likeness (QED) is 0.642. The lowest BCUT2D eigenvalue weighted by molar-refractivity contribution is 0.418. The van der Waals surface area contributed by atoms with Crippen molar-refractivity contribution in [1.82, 2.24) is 0 Å². The van der Waals surface area contributed by atoms with Crippen molar-refractivity contribution in [3.63, 3.8) is 0 Å². The van der Waals surface area contributed by atoms with Crippen LogP contribution in [0, 0.1) is 0 Å². The molecule has 1 aliphatic heterocycles. The number of hydrogen-bond donors (Lipinski definition) is 0. The van der Waals surface area contributed by atoms with Crippen LogP contribution in [0.3, 0.4) is 0 Å². The molecule has 3 heteroatoms. The highest BCUT2D eigenvalue weighted by Gasteiger charge is 2.27. The molecule has 0 radical (unpaired) electrons. The molecule has 0 saturated carbocycles. The van der Waals surface area contributed by atoms with Crippen LogP contribution >= 0.6 is 27.3 Å². The highest BCUT2D eigenvalue weighted by atomic mass is 79.9. The molecule has 0 aromatic carbocycles. The molecule has 0 spiro atoms. The zero-order valence-electron chi connectivity index (χ0n) is 4.63. The van der Waals surface area contributed by atoms with E-state index in [9.17, 15) is 0 Å². The van der Waals surface area contributed by atoms with E-state index in [0.29, 0.717) is 6.10 Å². The van der Waals surface area contributed by atoms with Crippen molar-refractivity contribution in [2.75, 3.05) is 6.61 Å². The first kappa shape index (κ1) is 5.89. The molecule has 2 heterocycles. The molecule has 0 aliphatic carbocycles. The van der Waals surface area contributed by atoms with E-state index in [2.05, 4.69) is 27.4 Å². The van der Waals surface area contributed by atoms with E-state index >= 15 is 0 Å². The Bertz CT molecular complexity index is 217. The molecule has 9 heavy (non-hydrogen) atoms. The van der Waals surface area contributed by atoms with Crippen LogP contribution < -0.4 is 0 Å². The first-order valence-electron chi connectivity index (χ1n) is 2.72. The number of ether oxygens (including phenoxy) is 1. The lowest BCUT2D eigenvalue weighted by Crippen LogP contribution is -1.70. The molecule has 1 fully saturated rings. The summed E-state index contributed by atoms with van der Waals surface area (Å²) in [7, 11) is 0. The van der Waals surface area contributed by atoms with Crippen LogP contribution in [0.4, 0.5) is 0 Å². The zero-order valence-corrected chi connectivity index (χ0v) is 7.04. The molecule has 0 amide bonds. The Morgan fingerprint density at radius 2 is 2.56 bits per heavy atom. The summed E-state index contributed by atoms with van der Waals surface area (Å²) in [5, 5.41) is 2.07. The minimum atomic E-state index is 0.402. The fourth-order valence-corrected chi connectivity index (χ4v) is 2.40. The molecular formula is C6H5BrOS. The second-order valence-electron chi connectivity index (χ2n) is 1.95. The van der Waals surface area contributed by atoms with Crippen molar-refractivity contribution >= 4 is 27.3 Å². The Morgan fingerprint density at radius 3 is 3.00 bits per heavy atom. The molecule has 0 bridgehead atoms. The smallest absolute Gasteiger partial charge is 0.116 e. The Morgan fingerprint density at radius 1 is 1.78 bits per heavy atom. The van der Waals surface area contributed by atoms with Crippen LogP contribution in [0.1, 0.15) is 11.0 Å². The maximum absolute atomic E-state index is 5.11. The summed E-state index contributed by atoms with van der Waals surface area (Å²) in [6.07, 6.45) is 0.402. The lowest BCUT2D eigenvalue weighted by atomic mass is 10.4. The Kier molecular flexibility index (Phi) is 1.36. The molecule has 0 N–H and O–H groups in total. The van der Waals surface area contributed by atoms with Crippen LogP contribution in [-0.2, 0) is 4.74 Å². The first-order chi connectivity index (χ1) is 4.38. The Hall–Kier alpha value is 0.140. The second-order valence-corrected chi connectivity index (χ2v) is 3.76. The van der Waals surface area contributed by atoms with Gasteiger partial charge in [-0.05, 0) is 27.4 Å². The van der Waals surface area contributed by atoms with Gasteiger partial charge in [-0.15, -0.1) is 11.3 Å². The minimum absolute atomic E-state index is 0.402. The number of halogens is 1. The Balaban J connectivity index is 2.35. The van der Waals surface area contributed by atoms with Crippen LogP contribution in [-0.4, -0.2) is 6.61 Å². The van der Waals surface area contributed by atoms with E-state index in [4.69, 9.17) is 4.74 Å². The average molecular weight is 205 g/mol. The van der Waals surface area contributed by atoms with Crippen molar-refractivity contribution in [1.29, 1.82) is 0 Å². The van der Waals surface area contributed by atoms with Gasteiger partial charge in [-0.3, -0.25) is 0 Å². The fourth-order valence-electron chi connectivity index (χ4n) is 0.735. The molecule has 48 valence electrons. The van der Waals surface area contributed by atoms with E-state index in [0.717, 1.165) is 6.61 Å². The number of epoxide rings is 1. The highest BCUT2D eigenvalue weighted by molar-refractivity contribution is 9.10. The van der Waals surface area contributed by atoms with Gasteiger partial charge in [-0.1, -0.05) is 0 Å². The summed E-state index contributed by atoms with van der Waals surface area (Å²) < 4.78 is 6.30. The van der Waals surface area contributed by atoms with Crippen molar-refractivity contribution in [3.8, 4) is 0 Å². The second kappa shape index (κ2) is 2.08. The van der Waals surface area contributed by atoms with Crippen LogP contribution in [0.2, 0.25) is 0 Å². The molecule has 1 unspecified atom stereocenters. The SMILES string of the molecule is Brc1ccsc1C1CO1. The van der Waals surface area contributed by atoms with Gasteiger partial charge < -0.3 is 4.74 Å². The summed E-state index contributed by atoms with van der Waals surface area (Å²) in [6, 6.07) is 2.06. The van der Waals surface area contributed by atoms with Crippen molar-refractivity contribution in [2.24, 2.45) is 0 Å². The molecular weight excluding hydrogens is 200 g/mol. The maximum Gasteiger partial charge on any atom is 0.116 e. The number of rotatable bonds is 1. The largest absolute Gasteiger partial charge is 0.367 e. The van der Waals surface area contributed by atoms with Crippen LogP contribution in [0.15, 0.2) is 15.9 Å². The van der Waals surface area contributed by atoms with E-state index < -0.39 is 0 Å². The van der Waals surface area contributed by atoms with Gasteiger partial charge in [0.2, 0.25) is 0 Å². The van der Waals surface area contributed by atoms with Gasteiger partial charge in [0.15, 0.2) is 0 Å². The van der Waals surface area contributed by atoms with Gasteiger partial charge in [-0.2, -0.15) is 0 Å². The van der Waals surface area contributed by atoms with Gasteiger partial charge in [0.1, 0.15) is 6.10 Å². The molecule has 1 nitrogen and oxygen atoms in total. The summed E-state index contributed by atoms with van der Waals surface area (Å²) in [5.41, 5.74) is 0. The molecule has 1 saturated heterocycles. The van der Waals surface area contributed by atoms with Crippen LogP contribution in [0.25, 0.3) is 0 Å². The predicted octanol–water partition coefficient (Wildman–Crippen LogP) is 2.58. The lowest BCUT2D eigenvalue weighted by Gasteiger charge is -1.86. The third kappa shape index (κ3) is 1.04.